The Kier molecular flexibility index (Phi) is 7.62. The number of hydrazone groups is 1. The van der Waals surface area contributed by atoms with Crippen molar-refractivity contribution in [3.63, 3.8) is 0 Å². The lowest BCUT2D eigenvalue weighted by molar-refractivity contribution is 0.0733. The summed E-state index contributed by atoms with van der Waals surface area (Å²) in [5.41, 5.74) is 4.74. The monoisotopic (exact) mass is 496 g/mol. The molecule has 0 spiro atoms. The number of benzene rings is 3. The molecule has 0 fully saturated rings. The van der Waals surface area contributed by atoms with Gasteiger partial charge < -0.3 is 14.2 Å². The molecule has 0 unspecified atom stereocenters. The standard InChI is InChI=1S/C24H21BrN2O5/c1-15-5-4-6-16(11-15)23(28)27-26-14-18-12-19(25)8-10-20(18)32-24(29)17-7-9-21(30-2)22(13-17)31-3/h4-14H,1-3H3,(H,27,28). The predicted molar refractivity (Wildman–Crippen MR) is 125 cm³/mol. The number of hydrogen-bond acceptors (Lipinski definition) is 6. The van der Waals surface area contributed by atoms with Gasteiger partial charge in [-0.05, 0) is 55.5 Å². The molecule has 0 bridgehead atoms. The van der Waals surface area contributed by atoms with E-state index in [9.17, 15) is 9.59 Å². The molecule has 32 heavy (non-hydrogen) atoms. The molecule has 0 aromatic heterocycles. The van der Waals surface area contributed by atoms with Crippen molar-refractivity contribution in [1.82, 2.24) is 5.43 Å². The Balaban J connectivity index is 1.77. The molecule has 8 heteroatoms. The third kappa shape index (κ3) is 5.73. The fourth-order valence-corrected chi connectivity index (χ4v) is 3.23. The van der Waals surface area contributed by atoms with Crippen molar-refractivity contribution in [3.8, 4) is 17.2 Å². The van der Waals surface area contributed by atoms with Crippen molar-refractivity contribution in [2.24, 2.45) is 5.10 Å². The number of amides is 1. The number of hydrogen-bond donors (Lipinski definition) is 1. The van der Waals surface area contributed by atoms with Crippen LogP contribution >= 0.6 is 15.9 Å². The highest BCUT2D eigenvalue weighted by Gasteiger charge is 2.15. The summed E-state index contributed by atoms with van der Waals surface area (Å²) in [6, 6.07) is 17.0. The summed E-state index contributed by atoms with van der Waals surface area (Å²) in [4.78, 5) is 24.9. The van der Waals surface area contributed by atoms with Gasteiger partial charge in [0.15, 0.2) is 11.5 Å². The van der Waals surface area contributed by atoms with E-state index in [4.69, 9.17) is 14.2 Å². The van der Waals surface area contributed by atoms with Gasteiger partial charge in [0, 0.05) is 15.6 Å². The fourth-order valence-electron chi connectivity index (χ4n) is 2.85. The number of nitrogens with one attached hydrogen (secondary N) is 1. The maximum atomic E-state index is 12.7. The number of ether oxygens (including phenoxy) is 3. The van der Waals surface area contributed by atoms with Crippen LogP contribution in [0.4, 0.5) is 0 Å². The number of carbonyl (C=O) groups excluding carboxylic acids is 2. The number of aryl methyl sites for hydroxylation is 1. The summed E-state index contributed by atoms with van der Waals surface area (Å²) in [5.74, 6) is 0.278. The fraction of sp³-hybridized carbons (Fsp3) is 0.125. The molecule has 164 valence electrons. The van der Waals surface area contributed by atoms with Crippen LogP contribution in [0.25, 0.3) is 0 Å². The highest BCUT2D eigenvalue weighted by atomic mass is 79.9. The molecule has 0 aliphatic rings. The highest BCUT2D eigenvalue weighted by Crippen LogP contribution is 2.29. The van der Waals surface area contributed by atoms with Crippen molar-refractivity contribution in [2.45, 2.75) is 6.92 Å². The number of nitrogens with zero attached hydrogens (tertiary/aromatic N) is 1. The molecule has 0 saturated heterocycles. The lowest BCUT2D eigenvalue weighted by Gasteiger charge is -2.11. The predicted octanol–water partition coefficient (Wildman–Crippen LogP) is 4.76. The summed E-state index contributed by atoms with van der Waals surface area (Å²) in [6.45, 7) is 1.90. The Morgan fingerprint density at radius 1 is 0.906 bits per heavy atom. The molecule has 0 radical (unpaired) electrons. The van der Waals surface area contributed by atoms with Crippen LogP contribution in [-0.2, 0) is 0 Å². The first-order chi connectivity index (χ1) is 15.4. The second-order valence-corrected chi connectivity index (χ2v) is 7.63. The minimum absolute atomic E-state index is 0.279. The van der Waals surface area contributed by atoms with E-state index in [1.807, 2.05) is 13.0 Å². The summed E-state index contributed by atoms with van der Waals surface area (Å²) in [5, 5.41) is 4.01. The Morgan fingerprint density at radius 2 is 1.66 bits per heavy atom. The van der Waals surface area contributed by atoms with Crippen molar-refractivity contribution >= 4 is 34.0 Å². The summed E-state index contributed by atoms with van der Waals surface area (Å²) in [7, 11) is 3.00. The Hall–Kier alpha value is -3.65. The molecular formula is C24H21BrN2O5. The summed E-state index contributed by atoms with van der Waals surface area (Å²) in [6.07, 6.45) is 1.41. The Morgan fingerprint density at radius 3 is 2.38 bits per heavy atom. The molecule has 0 heterocycles. The topological polar surface area (TPSA) is 86.2 Å². The highest BCUT2D eigenvalue weighted by molar-refractivity contribution is 9.10. The normalized spacial score (nSPS) is 10.6. The van der Waals surface area contributed by atoms with Gasteiger partial charge in [-0.1, -0.05) is 33.6 Å². The van der Waals surface area contributed by atoms with Crippen LogP contribution in [-0.4, -0.2) is 32.3 Å². The van der Waals surface area contributed by atoms with Crippen LogP contribution < -0.4 is 19.6 Å². The van der Waals surface area contributed by atoms with Crippen molar-refractivity contribution in [2.75, 3.05) is 14.2 Å². The molecule has 3 aromatic rings. The van der Waals surface area contributed by atoms with Crippen molar-refractivity contribution in [1.29, 1.82) is 0 Å². The van der Waals surface area contributed by atoms with Crippen LogP contribution in [0, 0.1) is 6.92 Å². The van der Waals surface area contributed by atoms with E-state index in [-0.39, 0.29) is 11.7 Å². The maximum absolute atomic E-state index is 12.7. The minimum Gasteiger partial charge on any atom is -0.493 e. The number of methoxy groups -OCH3 is 2. The van der Waals surface area contributed by atoms with Gasteiger partial charge in [0.1, 0.15) is 5.75 Å². The van der Waals surface area contributed by atoms with Crippen LogP contribution in [0.1, 0.15) is 31.8 Å². The van der Waals surface area contributed by atoms with Gasteiger partial charge in [0.25, 0.3) is 5.91 Å². The zero-order chi connectivity index (χ0) is 23.1. The molecule has 3 aromatic carbocycles. The second-order valence-electron chi connectivity index (χ2n) is 6.71. The van der Waals surface area contributed by atoms with Crippen molar-refractivity contribution in [3.05, 3.63) is 87.4 Å². The van der Waals surface area contributed by atoms with Crippen molar-refractivity contribution < 1.29 is 23.8 Å². The van der Waals surface area contributed by atoms with Crippen LogP contribution in [0.2, 0.25) is 0 Å². The van der Waals surface area contributed by atoms with Crippen LogP contribution in [0.15, 0.2) is 70.2 Å². The molecule has 3 rings (SSSR count). The zero-order valence-electron chi connectivity index (χ0n) is 17.7. The van der Waals surface area contributed by atoms with Gasteiger partial charge in [-0.3, -0.25) is 4.79 Å². The lowest BCUT2D eigenvalue weighted by Crippen LogP contribution is -2.17. The SMILES string of the molecule is COc1ccc(C(=O)Oc2ccc(Br)cc2C=NNC(=O)c2cccc(C)c2)cc1OC. The molecular weight excluding hydrogens is 476 g/mol. The Labute approximate surface area is 194 Å². The average Bonchev–Trinajstić information content (AvgIpc) is 2.80. The van der Waals surface area contributed by atoms with E-state index in [0.717, 1.165) is 10.0 Å². The zero-order valence-corrected chi connectivity index (χ0v) is 19.3. The number of carbonyl (C=O) groups is 2. The average molecular weight is 497 g/mol. The molecule has 0 atom stereocenters. The van der Waals surface area contributed by atoms with E-state index in [0.29, 0.717) is 28.2 Å². The molecule has 1 amide bonds. The van der Waals surface area contributed by atoms with E-state index < -0.39 is 5.97 Å². The summed E-state index contributed by atoms with van der Waals surface area (Å²) >= 11 is 3.39. The van der Waals surface area contributed by atoms with E-state index >= 15 is 0 Å². The number of esters is 1. The van der Waals surface area contributed by atoms with Crippen LogP contribution in [0.3, 0.4) is 0 Å². The van der Waals surface area contributed by atoms with Gasteiger partial charge in [0.2, 0.25) is 0 Å². The van der Waals surface area contributed by atoms with Gasteiger partial charge in [0.05, 0.1) is 26.0 Å². The van der Waals surface area contributed by atoms with E-state index in [2.05, 4.69) is 26.5 Å². The lowest BCUT2D eigenvalue weighted by atomic mass is 10.1. The first-order valence-corrected chi connectivity index (χ1v) is 10.3. The smallest absolute Gasteiger partial charge is 0.343 e. The molecule has 7 nitrogen and oxygen atoms in total. The largest absolute Gasteiger partial charge is 0.493 e. The van der Waals surface area contributed by atoms with E-state index in [1.165, 1.54) is 26.5 Å². The third-order valence-electron chi connectivity index (χ3n) is 4.44. The third-order valence-corrected chi connectivity index (χ3v) is 4.94. The quantitative estimate of drug-likeness (QED) is 0.220. The van der Waals surface area contributed by atoms with Gasteiger partial charge >= 0.3 is 5.97 Å². The summed E-state index contributed by atoms with van der Waals surface area (Å²) < 4.78 is 16.7. The molecule has 0 aliphatic heterocycles. The molecule has 0 saturated carbocycles. The van der Waals surface area contributed by atoms with Crippen LogP contribution in [0.5, 0.6) is 17.2 Å². The first kappa shape index (κ1) is 23.0. The van der Waals surface area contributed by atoms with Gasteiger partial charge in [-0.2, -0.15) is 5.10 Å². The number of halogens is 1. The molecule has 1 N–H and O–H groups in total. The molecule has 0 aliphatic carbocycles. The number of rotatable bonds is 7. The van der Waals surface area contributed by atoms with Gasteiger partial charge in [-0.15, -0.1) is 0 Å². The first-order valence-electron chi connectivity index (χ1n) is 9.55. The maximum Gasteiger partial charge on any atom is 0.343 e. The van der Waals surface area contributed by atoms with Gasteiger partial charge in [-0.25, -0.2) is 10.2 Å². The second kappa shape index (κ2) is 10.6. The van der Waals surface area contributed by atoms with E-state index in [1.54, 1.807) is 48.5 Å². The Bertz CT molecular complexity index is 1180. The minimum atomic E-state index is -0.577.